The lowest BCUT2D eigenvalue weighted by molar-refractivity contribution is -0.201. The Morgan fingerprint density at radius 2 is 2.00 bits per heavy atom. The lowest BCUT2D eigenvalue weighted by Crippen LogP contribution is -2.44. The number of hydrogen-bond acceptors (Lipinski definition) is 3. The van der Waals surface area contributed by atoms with Crippen molar-refractivity contribution in [2.75, 3.05) is 20.2 Å². The van der Waals surface area contributed by atoms with E-state index in [4.69, 9.17) is 9.47 Å². The van der Waals surface area contributed by atoms with Gasteiger partial charge in [0.05, 0.1) is 5.60 Å². The van der Waals surface area contributed by atoms with Gasteiger partial charge in [-0.05, 0) is 39.3 Å². The summed E-state index contributed by atoms with van der Waals surface area (Å²) < 4.78 is 11.1. The van der Waals surface area contributed by atoms with Crippen LogP contribution in [-0.4, -0.2) is 32.1 Å². The van der Waals surface area contributed by atoms with Crippen molar-refractivity contribution in [1.29, 1.82) is 0 Å². The van der Waals surface area contributed by atoms with E-state index in [0.717, 1.165) is 32.4 Å². The number of nitrogens with one attached hydrogen (secondary N) is 1. The Labute approximate surface area is 80.8 Å². The van der Waals surface area contributed by atoms with Gasteiger partial charge >= 0.3 is 0 Å². The molecule has 1 aliphatic heterocycles. The first-order chi connectivity index (χ1) is 6.20. The second-order valence-electron chi connectivity index (χ2n) is 3.89. The van der Waals surface area contributed by atoms with E-state index >= 15 is 0 Å². The monoisotopic (exact) mass is 187 g/mol. The molecule has 0 amide bonds. The van der Waals surface area contributed by atoms with Crippen LogP contribution < -0.4 is 5.32 Å². The highest BCUT2D eigenvalue weighted by Crippen LogP contribution is 2.24. The first-order valence-electron chi connectivity index (χ1n) is 5.11. The van der Waals surface area contributed by atoms with E-state index in [0.29, 0.717) is 0 Å². The topological polar surface area (TPSA) is 30.5 Å². The van der Waals surface area contributed by atoms with Crippen LogP contribution in [0.25, 0.3) is 0 Å². The van der Waals surface area contributed by atoms with Gasteiger partial charge in [0.1, 0.15) is 0 Å². The summed E-state index contributed by atoms with van der Waals surface area (Å²) in [6.45, 7) is 6.36. The van der Waals surface area contributed by atoms with Crippen LogP contribution in [0.3, 0.4) is 0 Å². The fourth-order valence-electron chi connectivity index (χ4n) is 1.69. The fraction of sp³-hybridized carbons (Fsp3) is 1.00. The number of methoxy groups -OCH3 is 1. The van der Waals surface area contributed by atoms with E-state index in [-0.39, 0.29) is 11.9 Å². The van der Waals surface area contributed by atoms with E-state index in [1.807, 2.05) is 0 Å². The van der Waals surface area contributed by atoms with E-state index in [1.54, 1.807) is 7.11 Å². The maximum absolute atomic E-state index is 5.92. The summed E-state index contributed by atoms with van der Waals surface area (Å²) in [5.74, 6) is 0. The summed E-state index contributed by atoms with van der Waals surface area (Å²) in [7, 11) is 1.71. The molecular weight excluding hydrogens is 166 g/mol. The quantitative estimate of drug-likeness (QED) is 0.677. The Balaban J connectivity index is 2.39. The van der Waals surface area contributed by atoms with Gasteiger partial charge in [-0.25, -0.2) is 0 Å². The summed E-state index contributed by atoms with van der Waals surface area (Å²) in [6, 6.07) is 0. The van der Waals surface area contributed by atoms with Gasteiger partial charge < -0.3 is 14.8 Å². The van der Waals surface area contributed by atoms with Gasteiger partial charge in [0.2, 0.25) is 0 Å². The van der Waals surface area contributed by atoms with Gasteiger partial charge in [0.25, 0.3) is 0 Å². The predicted octanol–water partition coefficient (Wildman–Crippen LogP) is 1.53. The van der Waals surface area contributed by atoms with Crippen LogP contribution in [0.5, 0.6) is 0 Å². The second kappa shape index (κ2) is 4.94. The van der Waals surface area contributed by atoms with Crippen molar-refractivity contribution in [3.63, 3.8) is 0 Å². The van der Waals surface area contributed by atoms with Crippen LogP contribution in [0.4, 0.5) is 0 Å². The van der Waals surface area contributed by atoms with E-state index in [2.05, 4.69) is 19.2 Å². The van der Waals surface area contributed by atoms with Crippen molar-refractivity contribution < 1.29 is 9.47 Å². The minimum atomic E-state index is -0.0388. The van der Waals surface area contributed by atoms with Crippen molar-refractivity contribution in [2.45, 2.75) is 45.0 Å². The molecule has 78 valence electrons. The van der Waals surface area contributed by atoms with Crippen molar-refractivity contribution >= 4 is 0 Å². The van der Waals surface area contributed by atoms with E-state index in [1.165, 1.54) is 0 Å². The highest BCUT2D eigenvalue weighted by molar-refractivity contribution is 4.82. The largest absolute Gasteiger partial charge is 0.356 e. The van der Waals surface area contributed by atoms with Gasteiger partial charge in [0, 0.05) is 7.11 Å². The zero-order chi connectivity index (χ0) is 9.73. The molecule has 1 N–H and O–H groups in total. The molecule has 1 fully saturated rings. The average Bonchev–Trinajstić information content (AvgIpc) is 2.15. The molecule has 13 heavy (non-hydrogen) atoms. The fourth-order valence-corrected chi connectivity index (χ4v) is 1.69. The molecule has 1 aliphatic rings. The lowest BCUT2D eigenvalue weighted by atomic mass is 9.94. The highest BCUT2D eigenvalue weighted by Gasteiger charge is 2.29. The van der Waals surface area contributed by atoms with Crippen LogP contribution in [0.2, 0.25) is 0 Å². The number of piperidine rings is 1. The maximum atomic E-state index is 5.92. The zero-order valence-corrected chi connectivity index (χ0v) is 8.93. The molecule has 1 atom stereocenters. The molecule has 0 radical (unpaired) electrons. The summed E-state index contributed by atoms with van der Waals surface area (Å²) in [5.41, 5.74) is 0.0158. The van der Waals surface area contributed by atoms with Crippen LogP contribution >= 0.6 is 0 Å². The molecule has 0 bridgehead atoms. The molecule has 0 aromatic rings. The van der Waals surface area contributed by atoms with Crippen molar-refractivity contribution in [1.82, 2.24) is 5.32 Å². The predicted molar refractivity (Wildman–Crippen MR) is 52.7 cm³/mol. The number of ether oxygens (including phenoxy) is 2. The lowest BCUT2D eigenvalue weighted by Gasteiger charge is -2.36. The Hall–Kier alpha value is -0.120. The molecule has 1 heterocycles. The standard InChI is InChI=1S/C10H21NO2/c1-4-9(12-3)13-10(2)5-7-11-8-6-10/h9,11H,4-8H2,1-3H3. The van der Waals surface area contributed by atoms with Gasteiger partial charge in [0.15, 0.2) is 6.29 Å². The number of rotatable bonds is 4. The molecule has 1 rings (SSSR count). The molecule has 0 aromatic carbocycles. The summed E-state index contributed by atoms with van der Waals surface area (Å²) in [6.07, 6.45) is 3.03. The molecule has 0 aliphatic carbocycles. The number of hydrogen-bond donors (Lipinski definition) is 1. The average molecular weight is 187 g/mol. The molecule has 0 saturated carbocycles. The molecular formula is C10H21NO2. The van der Waals surface area contributed by atoms with Gasteiger partial charge in [-0.3, -0.25) is 0 Å². The highest BCUT2D eigenvalue weighted by atomic mass is 16.7. The molecule has 1 saturated heterocycles. The van der Waals surface area contributed by atoms with Crippen molar-refractivity contribution in [3.8, 4) is 0 Å². The maximum Gasteiger partial charge on any atom is 0.157 e. The second-order valence-corrected chi connectivity index (χ2v) is 3.89. The van der Waals surface area contributed by atoms with E-state index < -0.39 is 0 Å². The summed E-state index contributed by atoms with van der Waals surface area (Å²) in [4.78, 5) is 0. The first-order valence-corrected chi connectivity index (χ1v) is 5.11. The first kappa shape index (κ1) is 11.0. The molecule has 3 heteroatoms. The summed E-state index contributed by atoms with van der Waals surface area (Å²) >= 11 is 0. The Kier molecular flexibility index (Phi) is 4.16. The van der Waals surface area contributed by atoms with Gasteiger partial charge in [-0.1, -0.05) is 6.92 Å². The molecule has 3 nitrogen and oxygen atoms in total. The van der Waals surface area contributed by atoms with Gasteiger partial charge in [-0.15, -0.1) is 0 Å². The third-order valence-corrected chi connectivity index (χ3v) is 2.67. The van der Waals surface area contributed by atoms with Crippen LogP contribution in [0, 0.1) is 0 Å². The molecule has 1 unspecified atom stereocenters. The minimum absolute atomic E-state index is 0.0158. The van der Waals surface area contributed by atoms with Crippen LogP contribution in [-0.2, 0) is 9.47 Å². The van der Waals surface area contributed by atoms with E-state index in [9.17, 15) is 0 Å². The Bertz CT molecular complexity index is 140. The van der Waals surface area contributed by atoms with Gasteiger partial charge in [-0.2, -0.15) is 0 Å². The Morgan fingerprint density at radius 1 is 1.38 bits per heavy atom. The van der Waals surface area contributed by atoms with Crippen LogP contribution in [0.1, 0.15) is 33.1 Å². The zero-order valence-electron chi connectivity index (χ0n) is 8.93. The van der Waals surface area contributed by atoms with Crippen molar-refractivity contribution in [3.05, 3.63) is 0 Å². The molecule has 0 spiro atoms. The third kappa shape index (κ3) is 3.25. The van der Waals surface area contributed by atoms with Crippen LogP contribution in [0.15, 0.2) is 0 Å². The Morgan fingerprint density at radius 3 is 2.46 bits per heavy atom. The minimum Gasteiger partial charge on any atom is -0.356 e. The smallest absolute Gasteiger partial charge is 0.157 e. The van der Waals surface area contributed by atoms with Crippen molar-refractivity contribution in [2.24, 2.45) is 0 Å². The molecule has 0 aromatic heterocycles. The SMILES string of the molecule is CCC(OC)OC1(C)CCNCC1. The summed E-state index contributed by atoms with van der Waals surface area (Å²) in [5, 5.41) is 3.33. The normalized spacial score (nSPS) is 24.2. The third-order valence-electron chi connectivity index (χ3n) is 2.67.